The molecule has 14 N–H and O–H groups in total. The molecule has 2 aliphatic heterocycles. The Kier molecular flexibility index (Phi) is 12.6. The van der Waals surface area contributed by atoms with E-state index >= 15 is 0 Å². The SMILES string of the molecule is C[C@@H]1NC(=O)[C@@H](N)CNC(=O)[C@H](C2CCN=C(N)N2)NC(=O)C(=CNC(=O)Nc2cccc(Oc3ccccc3)c2)NC(=O)[C@H](CN)NC1=O. The first-order chi connectivity index (χ1) is 23.9. The Morgan fingerprint density at radius 1 is 0.940 bits per heavy atom. The second-order valence-corrected chi connectivity index (χ2v) is 11.2. The molecule has 2 aromatic carbocycles. The lowest BCUT2D eigenvalue weighted by molar-refractivity contribution is -0.132. The summed E-state index contributed by atoms with van der Waals surface area (Å²) in [7, 11) is 0. The fraction of sp³-hybridized carbons (Fsp3) is 0.323. The Labute approximate surface area is 286 Å². The molecule has 1 unspecified atom stereocenters. The van der Waals surface area contributed by atoms with E-state index in [0.717, 1.165) is 6.20 Å². The molecule has 4 rings (SSSR count). The van der Waals surface area contributed by atoms with Gasteiger partial charge in [0, 0.05) is 37.6 Å². The number of benzene rings is 2. The van der Waals surface area contributed by atoms with Crippen molar-refractivity contribution in [2.75, 3.05) is 25.0 Å². The predicted octanol–water partition coefficient (Wildman–Crippen LogP) is -2.88. The van der Waals surface area contributed by atoms with Crippen LogP contribution >= 0.6 is 0 Å². The molecule has 0 aliphatic carbocycles. The van der Waals surface area contributed by atoms with Crippen molar-refractivity contribution >= 4 is 47.2 Å². The maximum Gasteiger partial charge on any atom is 0.323 e. The van der Waals surface area contributed by atoms with Crippen molar-refractivity contribution in [1.29, 1.82) is 0 Å². The summed E-state index contributed by atoms with van der Waals surface area (Å²) in [6.07, 6.45) is 1.17. The number of amides is 7. The highest BCUT2D eigenvalue weighted by Gasteiger charge is 2.34. The molecule has 50 heavy (non-hydrogen) atoms. The number of anilines is 1. The van der Waals surface area contributed by atoms with Crippen LogP contribution in [0.2, 0.25) is 0 Å². The zero-order chi connectivity index (χ0) is 36.2. The molecule has 0 bridgehead atoms. The van der Waals surface area contributed by atoms with Crippen LogP contribution in [0.25, 0.3) is 0 Å². The van der Waals surface area contributed by atoms with Crippen molar-refractivity contribution < 1.29 is 33.5 Å². The van der Waals surface area contributed by atoms with Crippen LogP contribution in [0.1, 0.15) is 13.3 Å². The van der Waals surface area contributed by atoms with Gasteiger partial charge >= 0.3 is 6.03 Å². The minimum atomic E-state index is -1.38. The van der Waals surface area contributed by atoms with Crippen molar-refractivity contribution in [3.8, 4) is 11.5 Å². The zero-order valence-electron chi connectivity index (χ0n) is 27.0. The van der Waals surface area contributed by atoms with Gasteiger partial charge in [0.25, 0.3) is 5.91 Å². The predicted molar refractivity (Wildman–Crippen MR) is 181 cm³/mol. The van der Waals surface area contributed by atoms with Crippen LogP contribution in [-0.4, -0.2) is 91.4 Å². The van der Waals surface area contributed by atoms with Crippen LogP contribution in [0.4, 0.5) is 10.5 Å². The molecule has 266 valence electrons. The number of carbonyl (C=O) groups is 6. The molecule has 19 heteroatoms. The van der Waals surface area contributed by atoms with E-state index in [1.165, 1.54) is 6.92 Å². The van der Waals surface area contributed by atoms with Gasteiger partial charge in [-0.1, -0.05) is 24.3 Å². The summed E-state index contributed by atoms with van der Waals surface area (Å²) in [5.74, 6) is -3.18. The Morgan fingerprint density at radius 2 is 1.68 bits per heavy atom. The summed E-state index contributed by atoms with van der Waals surface area (Å²) in [6.45, 7) is 0.831. The van der Waals surface area contributed by atoms with Gasteiger partial charge in [-0.2, -0.15) is 0 Å². The molecule has 0 spiro atoms. The molecule has 1 fully saturated rings. The van der Waals surface area contributed by atoms with Crippen LogP contribution in [0, 0.1) is 0 Å². The number of hydrogen-bond acceptors (Lipinski definition) is 12. The van der Waals surface area contributed by atoms with Gasteiger partial charge in [-0.15, -0.1) is 0 Å². The third kappa shape index (κ3) is 10.4. The number of nitrogens with one attached hydrogen (secondary N) is 8. The van der Waals surface area contributed by atoms with Gasteiger partial charge in [-0.25, -0.2) is 4.79 Å². The summed E-state index contributed by atoms with van der Waals surface area (Å²) in [5.41, 5.74) is 17.4. The van der Waals surface area contributed by atoms with Gasteiger partial charge in [0.05, 0.1) is 6.04 Å². The Bertz CT molecular complexity index is 1650. The van der Waals surface area contributed by atoms with E-state index in [1.807, 2.05) is 18.2 Å². The molecular weight excluding hydrogens is 652 g/mol. The molecular formula is C31H40N12O7. The van der Waals surface area contributed by atoms with Crippen molar-refractivity contribution in [1.82, 2.24) is 37.2 Å². The van der Waals surface area contributed by atoms with Crippen molar-refractivity contribution in [2.24, 2.45) is 22.2 Å². The quantitative estimate of drug-likeness (QED) is 0.137. The van der Waals surface area contributed by atoms with Crippen LogP contribution < -0.4 is 64.5 Å². The Hall–Kier alpha value is -6.21. The maximum absolute atomic E-state index is 13.7. The number of rotatable bonds is 6. The zero-order valence-corrected chi connectivity index (χ0v) is 27.0. The summed E-state index contributed by atoms with van der Waals surface area (Å²) in [6, 6.07) is 8.81. The molecule has 7 amide bonds. The average Bonchev–Trinajstić information content (AvgIpc) is 3.09. The standard InChI is InChI=1S/C31H40N12O7/c1-16-25(44)40-22(13-32)27(46)41-23(15-37-31(49)39-17-6-5-9-19(12-17)50-18-7-3-2-4-8-18)28(47)43-24(21-10-11-35-30(34)42-21)29(48)36-14-20(33)26(45)38-16/h2-9,12,15-16,20-22,24H,10-11,13-14,32-33H2,1H3,(H,36,48)(H,38,45)(H,40,44)(H,41,46)(H,43,47)(H3,34,35,42)(H2,37,39,49)/t16-,20-,21?,22-,24-/m0/s1. The van der Waals surface area contributed by atoms with E-state index in [0.29, 0.717) is 17.2 Å². The van der Waals surface area contributed by atoms with Gasteiger partial charge in [0.1, 0.15) is 41.4 Å². The molecule has 5 atom stereocenters. The summed E-state index contributed by atoms with van der Waals surface area (Å²) in [5, 5.41) is 20.0. The smallest absolute Gasteiger partial charge is 0.323 e. The number of nitrogens with zero attached hydrogens (tertiary/aromatic N) is 1. The number of aliphatic imine (C=N–C) groups is 1. The Balaban J connectivity index is 1.59. The highest BCUT2D eigenvalue weighted by molar-refractivity contribution is 6.02. The van der Waals surface area contributed by atoms with Gasteiger partial charge < -0.3 is 64.5 Å². The van der Waals surface area contributed by atoms with Crippen LogP contribution in [0.15, 0.2) is 71.5 Å². The van der Waals surface area contributed by atoms with Crippen LogP contribution in [0.5, 0.6) is 11.5 Å². The third-order valence-corrected chi connectivity index (χ3v) is 7.40. The second kappa shape index (κ2) is 17.3. The third-order valence-electron chi connectivity index (χ3n) is 7.40. The maximum atomic E-state index is 13.7. The van der Waals surface area contributed by atoms with Crippen LogP contribution in [0.3, 0.4) is 0 Å². The van der Waals surface area contributed by atoms with Gasteiger partial charge in [-0.05, 0) is 37.6 Å². The first kappa shape index (κ1) is 36.6. The highest BCUT2D eigenvalue weighted by Crippen LogP contribution is 2.23. The molecule has 0 saturated carbocycles. The Morgan fingerprint density at radius 3 is 2.40 bits per heavy atom. The number of hydrogen-bond donors (Lipinski definition) is 11. The van der Waals surface area contributed by atoms with E-state index in [9.17, 15) is 28.8 Å². The van der Waals surface area contributed by atoms with Crippen molar-refractivity contribution in [2.45, 2.75) is 43.6 Å². The lowest BCUT2D eigenvalue weighted by Crippen LogP contribution is -2.63. The summed E-state index contributed by atoms with van der Waals surface area (Å²) >= 11 is 0. The van der Waals surface area contributed by atoms with E-state index < -0.39 is 78.0 Å². The molecule has 2 aliphatic rings. The fourth-order valence-corrected chi connectivity index (χ4v) is 4.72. The number of urea groups is 1. The highest BCUT2D eigenvalue weighted by atomic mass is 16.5. The summed E-state index contributed by atoms with van der Waals surface area (Å²) < 4.78 is 5.80. The number of nitrogens with two attached hydrogens (primary N) is 3. The number of carbonyl (C=O) groups excluding carboxylic acids is 6. The summed E-state index contributed by atoms with van der Waals surface area (Å²) in [4.78, 5) is 82.7. The lowest BCUT2D eigenvalue weighted by atomic mass is 10.0. The topological polar surface area (TPSA) is 298 Å². The normalized spacial score (nSPS) is 24.6. The molecule has 0 radical (unpaired) electrons. The minimum absolute atomic E-state index is 0.0303. The first-order valence-corrected chi connectivity index (χ1v) is 15.6. The van der Waals surface area contributed by atoms with E-state index in [-0.39, 0.29) is 25.5 Å². The number of ether oxygens (including phenoxy) is 1. The van der Waals surface area contributed by atoms with E-state index in [1.54, 1.807) is 36.4 Å². The van der Waals surface area contributed by atoms with Gasteiger partial charge in [-0.3, -0.25) is 29.0 Å². The second-order valence-electron chi connectivity index (χ2n) is 11.2. The monoisotopic (exact) mass is 692 g/mol. The van der Waals surface area contributed by atoms with Crippen molar-refractivity contribution in [3.05, 3.63) is 66.5 Å². The average molecular weight is 693 g/mol. The first-order valence-electron chi connectivity index (χ1n) is 15.6. The van der Waals surface area contributed by atoms with Crippen LogP contribution in [-0.2, 0) is 24.0 Å². The molecule has 2 heterocycles. The van der Waals surface area contributed by atoms with Crippen molar-refractivity contribution in [3.63, 3.8) is 0 Å². The van der Waals surface area contributed by atoms with E-state index in [2.05, 4.69) is 47.5 Å². The van der Waals surface area contributed by atoms with E-state index in [4.69, 9.17) is 21.9 Å². The largest absolute Gasteiger partial charge is 0.457 e. The number of para-hydroxylation sites is 1. The lowest BCUT2D eigenvalue weighted by Gasteiger charge is -2.31. The number of guanidine groups is 1. The molecule has 19 nitrogen and oxygen atoms in total. The molecule has 2 aromatic rings. The minimum Gasteiger partial charge on any atom is -0.457 e. The molecule has 0 aromatic heterocycles. The fourth-order valence-electron chi connectivity index (χ4n) is 4.72. The van der Waals surface area contributed by atoms with Gasteiger partial charge in [0.2, 0.25) is 23.6 Å². The van der Waals surface area contributed by atoms with Gasteiger partial charge in [0.15, 0.2) is 5.96 Å². The molecule has 1 saturated heterocycles.